The molecule has 0 atom stereocenters. The zero-order valence-corrected chi connectivity index (χ0v) is 5.83. The Labute approximate surface area is 59.4 Å². The molecule has 0 aliphatic heterocycles. The second-order valence-corrected chi connectivity index (χ2v) is 1.54. The van der Waals surface area contributed by atoms with E-state index in [-0.39, 0.29) is 19.1 Å². The highest BCUT2D eigenvalue weighted by Gasteiger charge is 1.90. The molecular formula is C6H11NO3. The minimum Gasteiger partial charge on any atom is -0.394 e. The topological polar surface area (TPSA) is 58.6 Å². The molecule has 0 saturated heterocycles. The third-order valence-electron chi connectivity index (χ3n) is 0.684. The first kappa shape index (κ1) is 9.13. The molecule has 58 valence electrons. The van der Waals surface area contributed by atoms with Crippen LogP contribution in [0.25, 0.3) is 0 Å². The van der Waals surface area contributed by atoms with Crippen molar-refractivity contribution in [2.24, 2.45) is 0 Å². The van der Waals surface area contributed by atoms with Gasteiger partial charge in [-0.15, -0.1) is 0 Å². The third-order valence-corrected chi connectivity index (χ3v) is 0.684. The normalized spacial score (nSPS) is 10.2. The van der Waals surface area contributed by atoms with E-state index >= 15 is 0 Å². The Morgan fingerprint density at radius 2 is 2.50 bits per heavy atom. The maximum absolute atomic E-state index is 10.5. The lowest BCUT2D eigenvalue weighted by Gasteiger charge is -1.98. The molecule has 0 bridgehead atoms. The van der Waals surface area contributed by atoms with Crippen molar-refractivity contribution in [3.05, 3.63) is 12.2 Å². The number of aliphatic hydroxyl groups is 1. The molecule has 0 aromatic carbocycles. The number of aliphatic hydroxyl groups excluding tert-OH is 1. The second kappa shape index (κ2) is 6.25. The van der Waals surface area contributed by atoms with E-state index < -0.39 is 0 Å². The molecule has 0 spiro atoms. The van der Waals surface area contributed by atoms with Gasteiger partial charge in [-0.3, -0.25) is 9.63 Å². The van der Waals surface area contributed by atoms with Crippen LogP contribution < -0.4 is 5.48 Å². The van der Waals surface area contributed by atoms with E-state index in [1.165, 1.54) is 6.08 Å². The van der Waals surface area contributed by atoms with Gasteiger partial charge in [0.25, 0.3) is 5.91 Å². The molecule has 0 aliphatic carbocycles. The maximum Gasteiger partial charge on any atom is 0.267 e. The number of hydroxylamine groups is 1. The zero-order chi connectivity index (χ0) is 7.82. The zero-order valence-electron chi connectivity index (χ0n) is 5.83. The molecule has 10 heavy (non-hydrogen) atoms. The fourth-order valence-electron chi connectivity index (χ4n) is 0.353. The summed E-state index contributed by atoms with van der Waals surface area (Å²) in [6.07, 6.45) is 2.93. The van der Waals surface area contributed by atoms with Crippen LogP contribution in [0.4, 0.5) is 0 Å². The minimum atomic E-state index is -0.323. The van der Waals surface area contributed by atoms with Gasteiger partial charge in [0.1, 0.15) is 0 Å². The van der Waals surface area contributed by atoms with Crippen molar-refractivity contribution in [2.75, 3.05) is 13.2 Å². The van der Waals surface area contributed by atoms with Crippen LogP contribution in [-0.2, 0) is 9.63 Å². The Bertz CT molecular complexity index is 122. The molecule has 0 aromatic heterocycles. The first-order chi connectivity index (χ1) is 4.81. The average Bonchev–Trinajstić information content (AvgIpc) is 1.89. The molecule has 0 aromatic rings. The van der Waals surface area contributed by atoms with Gasteiger partial charge in [0.05, 0.1) is 13.2 Å². The summed E-state index contributed by atoms with van der Waals surface area (Å²) in [7, 11) is 0. The van der Waals surface area contributed by atoms with Crippen LogP contribution in [-0.4, -0.2) is 24.2 Å². The standard InChI is InChI=1S/C6H11NO3/c1-2-3-6(9)7-10-5-4-8/h2-3,8H,4-5H2,1H3,(H,7,9)/b3-2+. The van der Waals surface area contributed by atoms with Crippen molar-refractivity contribution >= 4 is 5.91 Å². The molecular weight excluding hydrogens is 134 g/mol. The first-order valence-electron chi connectivity index (χ1n) is 2.96. The highest BCUT2D eigenvalue weighted by Crippen LogP contribution is 1.72. The largest absolute Gasteiger partial charge is 0.394 e. The smallest absolute Gasteiger partial charge is 0.267 e. The summed E-state index contributed by atoms with van der Waals surface area (Å²) in [6, 6.07) is 0. The summed E-state index contributed by atoms with van der Waals surface area (Å²) in [5.41, 5.74) is 2.10. The number of rotatable bonds is 4. The van der Waals surface area contributed by atoms with Crippen LogP contribution in [0.15, 0.2) is 12.2 Å². The van der Waals surface area contributed by atoms with Gasteiger partial charge in [-0.25, -0.2) is 5.48 Å². The summed E-state index contributed by atoms with van der Waals surface area (Å²) in [5, 5.41) is 8.21. The van der Waals surface area contributed by atoms with E-state index in [2.05, 4.69) is 10.3 Å². The van der Waals surface area contributed by atoms with Crippen LogP contribution in [0.2, 0.25) is 0 Å². The lowest BCUT2D eigenvalue weighted by Crippen LogP contribution is -2.22. The molecule has 0 radical (unpaired) electrons. The molecule has 2 N–H and O–H groups in total. The number of allylic oxidation sites excluding steroid dienone is 1. The van der Waals surface area contributed by atoms with Crippen molar-refractivity contribution in [1.82, 2.24) is 5.48 Å². The van der Waals surface area contributed by atoms with E-state index in [9.17, 15) is 4.79 Å². The van der Waals surface area contributed by atoms with E-state index in [1.54, 1.807) is 13.0 Å². The van der Waals surface area contributed by atoms with Crippen LogP contribution in [0, 0.1) is 0 Å². The fourth-order valence-corrected chi connectivity index (χ4v) is 0.353. The molecule has 0 fully saturated rings. The third kappa shape index (κ3) is 5.27. The number of carbonyl (C=O) groups is 1. The summed E-state index contributed by atoms with van der Waals surface area (Å²) >= 11 is 0. The van der Waals surface area contributed by atoms with Crippen molar-refractivity contribution in [3.63, 3.8) is 0 Å². The predicted molar refractivity (Wildman–Crippen MR) is 36.0 cm³/mol. The van der Waals surface area contributed by atoms with Gasteiger partial charge in [-0.2, -0.15) is 0 Å². The fraction of sp³-hybridized carbons (Fsp3) is 0.500. The second-order valence-electron chi connectivity index (χ2n) is 1.54. The van der Waals surface area contributed by atoms with E-state index in [1.807, 2.05) is 0 Å². The molecule has 0 saturated carbocycles. The summed E-state index contributed by atoms with van der Waals surface area (Å²) in [6.45, 7) is 1.74. The van der Waals surface area contributed by atoms with Crippen LogP contribution >= 0.6 is 0 Å². The highest BCUT2D eigenvalue weighted by molar-refractivity contribution is 5.86. The molecule has 1 amide bonds. The molecule has 4 heteroatoms. The molecule has 4 nitrogen and oxygen atoms in total. The minimum absolute atomic E-state index is 0.101. The number of hydrogen-bond acceptors (Lipinski definition) is 3. The van der Waals surface area contributed by atoms with Crippen molar-refractivity contribution < 1.29 is 14.7 Å². The SMILES string of the molecule is C/C=C/C(=O)NOCCO. The lowest BCUT2D eigenvalue weighted by atomic mass is 10.5. The van der Waals surface area contributed by atoms with Crippen LogP contribution in [0.3, 0.4) is 0 Å². The Kier molecular flexibility index (Phi) is 5.71. The summed E-state index contributed by atoms with van der Waals surface area (Å²) in [4.78, 5) is 15.0. The van der Waals surface area contributed by atoms with E-state index in [4.69, 9.17) is 5.11 Å². The van der Waals surface area contributed by atoms with Crippen LogP contribution in [0.5, 0.6) is 0 Å². The van der Waals surface area contributed by atoms with Crippen molar-refractivity contribution in [2.45, 2.75) is 6.92 Å². The van der Waals surface area contributed by atoms with Crippen molar-refractivity contribution in [3.8, 4) is 0 Å². The van der Waals surface area contributed by atoms with Gasteiger partial charge in [0.15, 0.2) is 0 Å². The van der Waals surface area contributed by atoms with Gasteiger partial charge >= 0.3 is 0 Å². The molecule has 0 unspecified atom stereocenters. The summed E-state index contributed by atoms with van der Waals surface area (Å²) in [5.74, 6) is -0.323. The number of nitrogens with one attached hydrogen (secondary N) is 1. The van der Waals surface area contributed by atoms with Gasteiger partial charge in [0.2, 0.25) is 0 Å². The highest BCUT2D eigenvalue weighted by atomic mass is 16.7. The Morgan fingerprint density at radius 3 is 3.00 bits per heavy atom. The monoisotopic (exact) mass is 145 g/mol. The first-order valence-corrected chi connectivity index (χ1v) is 2.96. The number of carbonyl (C=O) groups excluding carboxylic acids is 1. The molecule has 0 heterocycles. The summed E-state index contributed by atoms with van der Waals surface area (Å²) < 4.78 is 0. The van der Waals surface area contributed by atoms with E-state index in [0.717, 1.165) is 0 Å². The van der Waals surface area contributed by atoms with Gasteiger partial charge in [0, 0.05) is 6.08 Å². The van der Waals surface area contributed by atoms with Gasteiger partial charge in [-0.05, 0) is 6.92 Å². The van der Waals surface area contributed by atoms with Crippen LogP contribution in [0.1, 0.15) is 6.92 Å². The Hall–Kier alpha value is -0.870. The predicted octanol–water partition coefficient (Wildman–Crippen LogP) is -0.397. The van der Waals surface area contributed by atoms with E-state index in [0.29, 0.717) is 0 Å². The lowest BCUT2D eigenvalue weighted by molar-refractivity contribution is -0.129. The molecule has 0 aliphatic rings. The number of hydrogen-bond donors (Lipinski definition) is 2. The van der Waals surface area contributed by atoms with Gasteiger partial charge < -0.3 is 5.11 Å². The maximum atomic E-state index is 10.5. The Balaban J connectivity index is 3.22. The number of amides is 1. The Morgan fingerprint density at radius 1 is 1.80 bits per heavy atom. The average molecular weight is 145 g/mol. The van der Waals surface area contributed by atoms with Gasteiger partial charge in [-0.1, -0.05) is 6.08 Å². The molecule has 0 rings (SSSR count). The van der Waals surface area contributed by atoms with Crippen molar-refractivity contribution in [1.29, 1.82) is 0 Å². The quantitative estimate of drug-likeness (QED) is 0.321.